The summed E-state index contributed by atoms with van der Waals surface area (Å²) in [7, 11) is 1.48. The van der Waals surface area contributed by atoms with Gasteiger partial charge in [0.05, 0.1) is 27.7 Å². The SMILES string of the molecule is CC/C=C\C/C=C\C/C=C\C/C=C\C/C=C\C/C=C\C/C=C\C/C=C\C/C=C\CCCCCCCCCCCCCC(=O)OC(COC(=O)CCCCCCCCCCCCCCCCCCCCCCCCCCCCCC/C=C\C/C=C\C/C=C\C/C=C\CC)COP(=O)(O)OCC[N+](C)(C)C. The molecule has 2 atom stereocenters. The van der Waals surface area contributed by atoms with Crippen LogP contribution in [0.4, 0.5) is 0 Å². The first-order valence-corrected chi connectivity index (χ1v) is 44.7. The van der Waals surface area contributed by atoms with Crippen molar-refractivity contribution >= 4 is 19.8 Å². The minimum absolute atomic E-state index is 0.0271. The summed E-state index contributed by atoms with van der Waals surface area (Å²) >= 11 is 0. The number of nitrogens with zero attached hydrogens (tertiary/aromatic N) is 1. The number of rotatable bonds is 79. The molecule has 104 heavy (non-hydrogen) atoms. The van der Waals surface area contributed by atoms with Crippen molar-refractivity contribution < 1.29 is 42.1 Å². The van der Waals surface area contributed by atoms with Crippen molar-refractivity contribution in [3.8, 4) is 0 Å². The molecule has 0 saturated heterocycles. The van der Waals surface area contributed by atoms with Crippen molar-refractivity contribution in [2.75, 3.05) is 47.5 Å². The molecule has 0 spiro atoms. The molecule has 0 aromatic carbocycles. The first-order chi connectivity index (χ1) is 51.0. The highest BCUT2D eigenvalue weighted by Gasteiger charge is 2.27. The van der Waals surface area contributed by atoms with Crippen LogP contribution in [-0.4, -0.2) is 74.9 Å². The Morgan fingerprint density at radius 2 is 0.519 bits per heavy atom. The van der Waals surface area contributed by atoms with Crippen molar-refractivity contribution in [2.45, 2.75) is 380 Å². The van der Waals surface area contributed by atoms with E-state index in [-0.39, 0.29) is 32.0 Å². The van der Waals surface area contributed by atoms with E-state index >= 15 is 0 Å². The number of esters is 2. The van der Waals surface area contributed by atoms with E-state index in [9.17, 15) is 19.0 Å². The van der Waals surface area contributed by atoms with Gasteiger partial charge in [-0.05, 0) is 122 Å². The normalized spacial score (nSPS) is 13.8. The number of ether oxygens (including phenoxy) is 2. The lowest BCUT2D eigenvalue weighted by Gasteiger charge is -2.24. The van der Waals surface area contributed by atoms with Crippen molar-refractivity contribution in [1.29, 1.82) is 0 Å². The van der Waals surface area contributed by atoms with Crippen molar-refractivity contribution in [1.82, 2.24) is 0 Å². The predicted octanol–water partition coefficient (Wildman–Crippen LogP) is 29.4. The van der Waals surface area contributed by atoms with E-state index in [4.69, 9.17) is 18.5 Å². The van der Waals surface area contributed by atoms with E-state index in [0.717, 1.165) is 128 Å². The van der Waals surface area contributed by atoms with Crippen LogP contribution in [0.5, 0.6) is 0 Å². The highest BCUT2D eigenvalue weighted by Crippen LogP contribution is 2.43. The minimum Gasteiger partial charge on any atom is -0.462 e. The number of phosphoric acid groups is 1. The quantitative estimate of drug-likeness (QED) is 0.0211. The van der Waals surface area contributed by atoms with Gasteiger partial charge in [-0.3, -0.25) is 18.6 Å². The molecular formula is C94H163NO8P+. The summed E-state index contributed by atoms with van der Waals surface area (Å²) < 4.78 is 34.9. The molecule has 0 aromatic rings. The zero-order chi connectivity index (χ0) is 75.4. The third-order valence-electron chi connectivity index (χ3n) is 18.6. The van der Waals surface area contributed by atoms with Gasteiger partial charge in [-0.1, -0.05) is 397 Å². The molecule has 0 aliphatic heterocycles. The van der Waals surface area contributed by atoms with Gasteiger partial charge in [0, 0.05) is 12.8 Å². The summed E-state index contributed by atoms with van der Waals surface area (Å²) in [5, 5.41) is 0. The molecule has 0 fully saturated rings. The van der Waals surface area contributed by atoms with Gasteiger partial charge in [-0.25, -0.2) is 4.57 Å². The zero-order valence-corrected chi connectivity index (χ0v) is 69.1. The Kier molecular flexibility index (Phi) is 79.2. The molecule has 0 aliphatic rings. The predicted molar refractivity (Wildman–Crippen MR) is 454 cm³/mol. The van der Waals surface area contributed by atoms with Gasteiger partial charge in [0.15, 0.2) is 6.10 Å². The lowest BCUT2D eigenvalue weighted by Crippen LogP contribution is -2.37. The molecular weight excluding hydrogens is 1300 g/mol. The standard InChI is InChI=1S/C94H162NO8P/c1-6-8-10-12-14-16-18-20-22-24-26-28-30-32-34-36-38-40-42-44-46-47-49-50-52-54-56-58-60-62-64-66-68-70-72-74-76-78-80-82-84-86-93(96)100-90-92(91-102-104(98,99)101-89-88-95(3,4)5)103-94(97)87-85-83-81-79-77-75-73-71-69-67-65-63-61-59-57-55-53-51-48-45-43-41-39-37-35-33-31-29-27-25-23-21-19-17-15-13-11-9-7-2/h8-11,14-17,20-23,26-29,33,35,39,41,45,48,53,55,59,61,92H,6-7,12-13,18-19,24-25,30-32,34,36-38,40,42-44,46-47,49-52,54,56-58,60,62-91H2,1-5H3/p+1/b10-8-,11-9-,16-14-,17-15-,22-20-,23-21-,28-26-,29-27-,35-33-,41-39-,48-45-,55-53-,61-59-. The second kappa shape index (κ2) is 82.7. The van der Waals surface area contributed by atoms with Gasteiger partial charge < -0.3 is 18.9 Å². The first-order valence-electron chi connectivity index (χ1n) is 43.2. The van der Waals surface area contributed by atoms with E-state index in [0.29, 0.717) is 17.4 Å². The number of carbonyl (C=O) groups excluding carboxylic acids is 2. The highest BCUT2D eigenvalue weighted by atomic mass is 31.2. The van der Waals surface area contributed by atoms with Crippen LogP contribution in [0, 0.1) is 0 Å². The Morgan fingerprint density at radius 1 is 0.298 bits per heavy atom. The molecule has 2 unspecified atom stereocenters. The van der Waals surface area contributed by atoms with Crippen LogP contribution in [0.15, 0.2) is 158 Å². The molecule has 10 heteroatoms. The fourth-order valence-electron chi connectivity index (χ4n) is 12.1. The molecule has 0 bridgehead atoms. The fourth-order valence-corrected chi connectivity index (χ4v) is 12.8. The van der Waals surface area contributed by atoms with Gasteiger partial charge in [-0.15, -0.1) is 0 Å². The summed E-state index contributed by atoms with van der Waals surface area (Å²) in [4.78, 5) is 36.1. The number of hydrogen-bond acceptors (Lipinski definition) is 7. The van der Waals surface area contributed by atoms with E-state index in [1.54, 1.807) is 0 Å². The second-order valence-electron chi connectivity index (χ2n) is 29.8. The molecule has 0 aromatic heterocycles. The second-order valence-corrected chi connectivity index (χ2v) is 31.3. The average Bonchev–Trinajstić information content (AvgIpc) is 0.915. The molecule has 0 amide bonds. The monoisotopic (exact) mass is 1470 g/mol. The van der Waals surface area contributed by atoms with Crippen LogP contribution in [0.2, 0.25) is 0 Å². The van der Waals surface area contributed by atoms with E-state index < -0.39 is 26.5 Å². The summed E-state index contributed by atoms with van der Waals surface area (Å²) in [6.45, 7) is 4.24. The van der Waals surface area contributed by atoms with Crippen LogP contribution >= 0.6 is 7.82 Å². The third-order valence-corrected chi connectivity index (χ3v) is 19.5. The summed E-state index contributed by atoms with van der Waals surface area (Å²) in [6.07, 6.45) is 124. The first kappa shape index (κ1) is 99.6. The topological polar surface area (TPSA) is 108 Å². The average molecular weight is 1470 g/mol. The summed E-state index contributed by atoms with van der Waals surface area (Å²) in [5.74, 6) is -0.792. The number of allylic oxidation sites excluding steroid dienone is 26. The summed E-state index contributed by atoms with van der Waals surface area (Å²) in [5.41, 5.74) is 0. The van der Waals surface area contributed by atoms with Gasteiger partial charge in [0.1, 0.15) is 19.8 Å². The molecule has 0 radical (unpaired) electrons. The smallest absolute Gasteiger partial charge is 0.462 e. The third kappa shape index (κ3) is 86.5. The fraction of sp³-hybridized carbons (Fsp3) is 0.702. The van der Waals surface area contributed by atoms with Gasteiger partial charge in [-0.2, -0.15) is 0 Å². The van der Waals surface area contributed by atoms with Gasteiger partial charge in [0.2, 0.25) is 0 Å². The Bertz CT molecular complexity index is 2320. The number of quaternary nitrogens is 1. The number of carbonyl (C=O) groups is 2. The summed E-state index contributed by atoms with van der Waals surface area (Å²) in [6, 6.07) is 0. The number of likely N-dealkylation sites (N-methyl/N-ethyl adjacent to an activating group) is 1. The maximum absolute atomic E-state index is 12.9. The lowest BCUT2D eigenvalue weighted by molar-refractivity contribution is -0.870. The Morgan fingerprint density at radius 3 is 0.769 bits per heavy atom. The Balaban J connectivity index is 3.94. The molecule has 1 N–H and O–H groups in total. The molecule has 596 valence electrons. The molecule has 9 nitrogen and oxygen atoms in total. The van der Waals surface area contributed by atoms with Crippen molar-refractivity contribution in [2.24, 2.45) is 0 Å². The minimum atomic E-state index is -4.41. The molecule has 0 aliphatic carbocycles. The van der Waals surface area contributed by atoms with Crippen LogP contribution in [0.25, 0.3) is 0 Å². The van der Waals surface area contributed by atoms with E-state index in [1.165, 1.54) is 212 Å². The maximum Gasteiger partial charge on any atom is 0.472 e. The Hall–Kier alpha value is -4.37. The van der Waals surface area contributed by atoms with Crippen molar-refractivity contribution in [3.63, 3.8) is 0 Å². The van der Waals surface area contributed by atoms with Crippen LogP contribution in [-0.2, 0) is 32.7 Å². The largest absolute Gasteiger partial charge is 0.472 e. The van der Waals surface area contributed by atoms with Crippen LogP contribution in [0.3, 0.4) is 0 Å². The highest BCUT2D eigenvalue weighted by molar-refractivity contribution is 7.47. The van der Waals surface area contributed by atoms with Gasteiger partial charge in [0.25, 0.3) is 0 Å². The van der Waals surface area contributed by atoms with E-state index in [1.807, 2.05) is 21.1 Å². The van der Waals surface area contributed by atoms with Crippen molar-refractivity contribution in [3.05, 3.63) is 158 Å². The van der Waals surface area contributed by atoms with Gasteiger partial charge >= 0.3 is 19.8 Å². The zero-order valence-electron chi connectivity index (χ0n) is 68.2. The molecule has 0 saturated carbocycles. The van der Waals surface area contributed by atoms with Crippen LogP contribution in [0.1, 0.15) is 373 Å². The molecule has 0 rings (SSSR count). The number of hydrogen-bond donors (Lipinski definition) is 1. The maximum atomic E-state index is 12.9. The number of phosphoric ester groups is 1. The lowest BCUT2D eigenvalue weighted by atomic mass is 10.0. The van der Waals surface area contributed by atoms with Crippen LogP contribution < -0.4 is 0 Å². The Labute approximate surface area is 643 Å². The number of unbranched alkanes of at least 4 members (excludes halogenated alkanes) is 39. The van der Waals surface area contributed by atoms with E-state index in [2.05, 4.69) is 172 Å². The molecule has 0 heterocycles.